The van der Waals surface area contributed by atoms with Gasteiger partial charge in [-0.05, 0) is 25.3 Å². The van der Waals surface area contributed by atoms with Gasteiger partial charge in [0.25, 0.3) is 0 Å². The fourth-order valence-electron chi connectivity index (χ4n) is 0.992. The fraction of sp³-hybridized carbons (Fsp3) is 0.444. The van der Waals surface area contributed by atoms with Crippen LogP contribution in [0.3, 0.4) is 0 Å². The molecular weight excluding hydrogens is 168 g/mol. The summed E-state index contributed by atoms with van der Waals surface area (Å²) in [6.07, 6.45) is 3.91. The second-order valence-electron chi connectivity index (χ2n) is 2.72. The van der Waals surface area contributed by atoms with Gasteiger partial charge in [0.2, 0.25) is 0 Å². The Hall–Kier alpha value is -0.700. The Bertz CT molecular complexity index is 213. The molecule has 2 nitrogen and oxygen atoms in total. The van der Waals surface area contributed by atoms with Crippen molar-refractivity contribution in [1.29, 1.82) is 0 Å². The van der Waals surface area contributed by atoms with Gasteiger partial charge in [-0.3, -0.25) is 0 Å². The van der Waals surface area contributed by atoms with Gasteiger partial charge in [-0.15, -0.1) is 0 Å². The fourth-order valence-corrected chi connectivity index (χ4v) is 1.58. The summed E-state index contributed by atoms with van der Waals surface area (Å²) in [5.41, 5.74) is 0. The molecule has 0 saturated carbocycles. The van der Waals surface area contributed by atoms with Gasteiger partial charge in [0.05, 0.1) is 0 Å². The first-order valence-electron chi connectivity index (χ1n) is 3.99. The molecule has 0 amide bonds. The first kappa shape index (κ1) is 9.39. The van der Waals surface area contributed by atoms with E-state index in [1.54, 1.807) is 6.20 Å². The van der Waals surface area contributed by atoms with Crippen LogP contribution in [0.1, 0.15) is 6.92 Å². The van der Waals surface area contributed by atoms with Crippen LogP contribution in [-0.4, -0.2) is 23.0 Å². The molecule has 1 N–H and O–H groups in total. The van der Waals surface area contributed by atoms with E-state index in [2.05, 4.69) is 23.5 Å². The molecule has 0 aliphatic heterocycles. The molecule has 1 heterocycles. The zero-order valence-corrected chi connectivity index (χ0v) is 8.27. The first-order chi connectivity index (χ1) is 5.83. The minimum absolute atomic E-state index is 0.481. The number of hydrogen-bond donors (Lipinski definition) is 1. The van der Waals surface area contributed by atoms with Gasteiger partial charge in [0, 0.05) is 18.0 Å². The lowest BCUT2D eigenvalue weighted by Crippen LogP contribution is -2.18. The van der Waals surface area contributed by atoms with E-state index < -0.39 is 0 Å². The predicted octanol–water partition coefficient (Wildman–Crippen LogP) is 2.25. The molecule has 12 heavy (non-hydrogen) atoms. The topological polar surface area (TPSA) is 24.9 Å². The summed E-state index contributed by atoms with van der Waals surface area (Å²) >= 11 is 1.84. The minimum atomic E-state index is 0.481. The van der Waals surface area contributed by atoms with E-state index in [4.69, 9.17) is 0 Å². The van der Waals surface area contributed by atoms with Crippen LogP contribution < -0.4 is 5.32 Å². The van der Waals surface area contributed by atoms with Gasteiger partial charge in [-0.2, -0.15) is 11.8 Å². The lowest BCUT2D eigenvalue weighted by Gasteiger charge is -2.12. The van der Waals surface area contributed by atoms with Gasteiger partial charge in [0.1, 0.15) is 5.82 Å². The summed E-state index contributed by atoms with van der Waals surface area (Å²) < 4.78 is 0. The highest BCUT2D eigenvalue weighted by atomic mass is 32.2. The SMILES string of the molecule is CSCC(C)Nc1ccccn1. The second kappa shape index (κ2) is 5.04. The number of aromatic nitrogens is 1. The normalized spacial score (nSPS) is 12.5. The molecule has 1 rings (SSSR count). The average molecular weight is 182 g/mol. The van der Waals surface area contributed by atoms with Crippen molar-refractivity contribution in [3.8, 4) is 0 Å². The largest absolute Gasteiger partial charge is 0.367 e. The molecular formula is C9H14N2S. The molecule has 0 aromatic carbocycles. The number of anilines is 1. The maximum atomic E-state index is 4.18. The Balaban J connectivity index is 2.41. The standard InChI is InChI=1S/C9H14N2S/c1-8(7-12-2)11-9-5-3-4-6-10-9/h3-6,8H,7H2,1-2H3,(H,10,11). The van der Waals surface area contributed by atoms with Crippen LogP contribution in [0, 0.1) is 0 Å². The quantitative estimate of drug-likeness (QED) is 0.773. The number of nitrogens with one attached hydrogen (secondary N) is 1. The van der Waals surface area contributed by atoms with Crippen molar-refractivity contribution in [2.24, 2.45) is 0 Å². The third-order valence-corrected chi connectivity index (χ3v) is 2.31. The predicted molar refractivity (Wildman–Crippen MR) is 55.7 cm³/mol. The van der Waals surface area contributed by atoms with Crippen LogP contribution in [-0.2, 0) is 0 Å². The van der Waals surface area contributed by atoms with Crippen LogP contribution in [0.2, 0.25) is 0 Å². The maximum Gasteiger partial charge on any atom is 0.126 e. The van der Waals surface area contributed by atoms with Crippen molar-refractivity contribution in [1.82, 2.24) is 4.98 Å². The van der Waals surface area contributed by atoms with E-state index in [1.807, 2.05) is 30.0 Å². The van der Waals surface area contributed by atoms with Crippen LogP contribution >= 0.6 is 11.8 Å². The molecule has 1 atom stereocenters. The van der Waals surface area contributed by atoms with Crippen molar-refractivity contribution in [3.63, 3.8) is 0 Å². The second-order valence-corrected chi connectivity index (χ2v) is 3.63. The molecule has 0 aliphatic rings. The summed E-state index contributed by atoms with van der Waals surface area (Å²) in [6, 6.07) is 6.37. The Kier molecular flexibility index (Phi) is 3.94. The molecule has 1 unspecified atom stereocenters. The third kappa shape index (κ3) is 3.13. The van der Waals surface area contributed by atoms with Crippen molar-refractivity contribution in [2.75, 3.05) is 17.3 Å². The Morgan fingerprint density at radius 3 is 3.00 bits per heavy atom. The Labute approximate surface area is 77.8 Å². The van der Waals surface area contributed by atoms with E-state index >= 15 is 0 Å². The Morgan fingerprint density at radius 1 is 1.58 bits per heavy atom. The van der Waals surface area contributed by atoms with Crippen molar-refractivity contribution in [2.45, 2.75) is 13.0 Å². The van der Waals surface area contributed by atoms with Gasteiger partial charge >= 0.3 is 0 Å². The van der Waals surface area contributed by atoms with Crippen molar-refractivity contribution in [3.05, 3.63) is 24.4 Å². The Morgan fingerprint density at radius 2 is 2.42 bits per heavy atom. The highest BCUT2D eigenvalue weighted by Crippen LogP contribution is 2.05. The number of nitrogens with zero attached hydrogens (tertiary/aromatic N) is 1. The molecule has 0 fully saturated rings. The van der Waals surface area contributed by atoms with E-state index in [0.29, 0.717) is 6.04 Å². The van der Waals surface area contributed by atoms with E-state index in [0.717, 1.165) is 11.6 Å². The monoisotopic (exact) mass is 182 g/mol. The molecule has 1 aromatic heterocycles. The summed E-state index contributed by atoms with van der Waals surface area (Å²) in [5, 5.41) is 3.31. The van der Waals surface area contributed by atoms with Crippen LogP contribution in [0.15, 0.2) is 24.4 Å². The average Bonchev–Trinajstić information content (AvgIpc) is 2.06. The lowest BCUT2D eigenvalue weighted by atomic mass is 10.4. The summed E-state index contributed by atoms with van der Waals surface area (Å²) in [4.78, 5) is 4.18. The molecule has 0 aliphatic carbocycles. The van der Waals surface area contributed by atoms with Crippen molar-refractivity contribution < 1.29 is 0 Å². The van der Waals surface area contributed by atoms with Crippen molar-refractivity contribution >= 4 is 17.6 Å². The zero-order valence-electron chi connectivity index (χ0n) is 7.45. The van der Waals surface area contributed by atoms with E-state index in [9.17, 15) is 0 Å². The van der Waals surface area contributed by atoms with Gasteiger partial charge in [0.15, 0.2) is 0 Å². The highest BCUT2D eigenvalue weighted by molar-refractivity contribution is 7.98. The molecule has 0 spiro atoms. The van der Waals surface area contributed by atoms with Gasteiger partial charge in [-0.25, -0.2) is 4.98 Å². The summed E-state index contributed by atoms with van der Waals surface area (Å²) in [7, 11) is 0. The zero-order chi connectivity index (χ0) is 8.81. The first-order valence-corrected chi connectivity index (χ1v) is 5.39. The minimum Gasteiger partial charge on any atom is -0.367 e. The summed E-state index contributed by atoms with van der Waals surface area (Å²) in [6.45, 7) is 2.16. The molecule has 3 heteroatoms. The van der Waals surface area contributed by atoms with Gasteiger partial charge in [-0.1, -0.05) is 6.07 Å². The van der Waals surface area contributed by atoms with Gasteiger partial charge < -0.3 is 5.32 Å². The number of pyridine rings is 1. The molecule has 1 aromatic rings. The number of hydrogen-bond acceptors (Lipinski definition) is 3. The highest BCUT2D eigenvalue weighted by Gasteiger charge is 1.99. The van der Waals surface area contributed by atoms with Crippen LogP contribution in [0.25, 0.3) is 0 Å². The smallest absolute Gasteiger partial charge is 0.126 e. The van der Waals surface area contributed by atoms with Crippen LogP contribution in [0.5, 0.6) is 0 Å². The van der Waals surface area contributed by atoms with E-state index in [-0.39, 0.29) is 0 Å². The third-order valence-electron chi connectivity index (χ3n) is 1.48. The number of thioether (sulfide) groups is 1. The molecule has 0 bridgehead atoms. The molecule has 66 valence electrons. The molecule has 0 radical (unpaired) electrons. The summed E-state index contributed by atoms with van der Waals surface area (Å²) in [5.74, 6) is 2.07. The van der Waals surface area contributed by atoms with E-state index in [1.165, 1.54) is 0 Å². The molecule has 0 saturated heterocycles. The lowest BCUT2D eigenvalue weighted by molar-refractivity contribution is 0.903. The maximum absolute atomic E-state index is 4.18. The number of rotatable bonds is 4. The van der Waals surface area contributed by atoms with Crippen LogP contribution in [0.4, 0.5) is 5.82 Å².